The van der Waals surface area contributed by atoms with Gasteiger partial charge in [-0.1, -0.05) is 46.0 Å². The van der Waals surface area contributed by atoms with E-state index in [0.29, 0.717) is 76.4 Å². The normalized spacial score (nSPS) is 33.5. The Morgan fingerprint density at radius 3 is 1.87 bits per heavy atom. The lowest BCUT2D eigenvalue weighted by atomic mass is 9.74. The fraction of sp³-hybridized carbons (Fsp3) is 0.844. The molecule has 110 heavy (non-hydrogen) atoms. The third-order valence-corrected chi connectivity index (χ3v) is 26.7. The molecule has 5 aliphatic heterocycles. The summed E-state index contributed by atoms with van der Waals surface area (Å²) in [5.74, 6) is -12.3. The molecule has 4 saturated carbocycles. The molecule has 620 valence electrons. The number of hydrogen-bond donors (Lipinski definition) is 3. The van der Waals surface area contributed by atoms with Gasteiger partial charge in [-0.15, -0.1) is 0 Å². The predicted molar refractivity (Wildman–Crippen MR) is 396 cm³/mol. The van der Waals surface area contributed by atoms with Crippen molar-refractivity contribution >= 4 is 82.6 Å². The second kappa shape index (κ2) is 39.0. The molecule has 0 radical (unpaired) electrons. The molecule has 3 unspecified atom stereocenters. The maximum Gasteiger partial charge on any atom is 0.397 e. The van der Waals surface area contributed by atoms with Crippen LogP contribution in [0.15, 0.2) is 0 Å². The summed E-state index contributed by atoms with van der Waals surface area (Å²) in [7, 11) is 8.45. The van der Waals surface area contributed by atoms with Crippen molar-refractivity contribution in [2.24, 2.45) is 35.5 Å². The zero-order chi connectivity index (χ0) is 80.2. The quantitative estimate of drug-likeness (QED) is 0.189. The van der Waals surface area contributed by atoms with E-state index in [1.54, 1.807) is 25.6 Å². The van der Waals surface area contributed by atoms with Crippen molar-refractivity contribution in [1.82, 2.24) is 60.0 Å². The number of carbonyl (C=O) groups is 12. The Morgan fingerprint density at radius 1 is 0.618 bits per heavy atom. The number of nitrogens with one attached hydrogen (secondary N) is 3. The van der Waals surface area contributed by atoms with Gasteiger partial charge < -0.3 is 69.5 Å². The highest BCUT2D eigenvalue weighted by Gasteiger charge is 2.56. The number of likely N-dealkylation sites (N-methyl/N-ethyl adjacent to an activating group) is 6. The van der Waals surface area contributed by atoms with E-state index < -0.39 is 218 Å². The second-order valence-electron chi connectivity index (χ2n) is 32.9. The molecule has 3 N–H and O–H groups in total. The maximum absolute atomic E-state index is 15.8. The molecule has 33 heteroatoms. The molecule has 0 aromatic heterocycles. The average Bonchev–Trinajstić information content (AvgIpc) is 1.31. The van der Waals surface area contributed by atoms with Crippen LogP contribution in [0.5, 0.6) is 0 Å². The maximum atomic E-state index is 15.8. The molecule has 12 amide bonds. The molecular formula is C77H120F6N12O14S. The topological polar surface area (TPSA) is 289 Å². The fourth-order valence-corrected chi connectivity index (χ4v) is 19.6. The lowest BCUT2D eigenvalue weighted by Gasteiger charge is -2.47. The monoisotopic (exact) mass is 1580 g/mol. The number of nitrogens with zero attached hydrogens (tertiary/aromatic N) is 9. The predicted octanol–water partition coefficient (Wildman–Crippen LogP) is 5.60. The lowest BCUT2D eigenvalue weighted by molar-refractivity contribution is -0.219. The molecule has 0 aromatic rings. The standard InChI is InChI=1S/C77H120F6N12O14S/c1-10-46(3)65-73(105)88(5)44-63(98)89(6)56-20-13-12-16-30-94(72(56)104)60(38-47-21-24-51(78)25-22-47)70(102)87(4)43-61(96)84-55(26-23-48-36-53(79)64(54(80)37-48)77(81,82)83)69(101)95-42-52(109-11-2)40-58(95)68(100)86-76(28-17-29-76)75(107)92(9)66(50-18-14-15-19-50)74(106)91(8)59(71(103)93-31-33-108-34-32-93)41-62(97)90(7)57(67(99)85-65)39-49-27-35-110-45-49/h46-60,64-66H,10-45H2,1-9H3,(H,84,96)(H,85,99)(H,86,100)/t46-,47?,48?,49?,51?,52+,53?,54?,55-,56-,57-,58-,59-,60-,64?,65-,66-/m0/s1. The molecule has 4 aliphatic carbocycles. The van der Waals surface area contributed by atoms with Crippen molar-refractivity contribution in [3.05, 3.63) is 0 Å². The first-order valence-corrected chi connectivity index (χ1v) is 41.5. The number of morpholine rings is 1. The molecule has 2 bridgehead atoms. The number of ether oxygens (including phenoxy) is 2. The molecule has 26 nitrogen and oxygen atoms in total. The summed E-state index contributed by atoms with van der Waals surface area (Å²) in [6, 6.07) is -10.7. The number of hydrogen-bond acceptors (Lipinski definition) is 15. The summed E-state index contributed by atoms with van der Waals surface area (Å²) in [6.45, 7) is 4.45. The van der Waals surface area contributed by atoms with Gasteiger partial charge in [-0.05, 0) is 164 Å². The van der Waals surface area contributed by atoms with Crippen LogP contribution in [0.25, 0.3) is 0 Å². The second-order valence-corrected chi connectivity index (χ2v) is 34.1. The minimum Gasteiger partial charge on any atom is -0.378 e. The van der Waals surface area contributed by atoms with Crippen LogP contribution in [-0.4, -0.2) is 313 Å². The van der Waals surface area contributed by atoms with E-state index in [0.717, 1.165) is 17.1 Å². The zero-order valence-corrected chi connectivity index (χ0v) is 66.6. The average molecular weight is 1580 g/mol. The van der Waals surface area contributed by atoms with E-state index >= 15 is 51.9 Å². The largest absolute Gasteiger partial charge is 0.397 e. The molecule has 5 saturated heterocycles. The summed E-state index contributed by atoms with van der Waals surface area (Å²) in [4.78, 5) is 195. The Morgan fingerprint density at radius 2 is 1.26 bits per heavy atom. The van der Waals surface area contributed by atoms with Gasteiger partial charge in [0.05, 0.1) is 38.8 Å². The van der Waals surface area contributed by atoms with Gasteiger partial charge in [0, 0.05) is 81.5 Å². The van der Waals surface area contributed by atoms with E-state index in [9.17, 15) is 31.9 Å². The number of halogens is 6. The SMILES string of the molecule is CCO[C@@H]1C[C@H]2C(=O)NC3(CCC3)C(=O)N(C)[C@@H](C3CCCC3)C(=O)N(C)[C@H](C(=O)N3CCOCC3)CC(=O)N(C)[C@@H](CC3CCSC3)C(=O)N[C@@H]([C@@H](C)CC)C(=O)N(C)CC(=O)N(C)[C@H]3CCCCCN(C3=O)[C@@H](CC3CCC(F)CC3)C(=O)N(C)CC(=O)N[C@@H](CCC3CC(F)C(C(F)(F)F)C(F)C3)C(=O)N2C1. The summed E-state index contributed by atoms with van der Waals surface area (Å²) in [5, 5.41) is 8.65. The van der Waals surface area contributed by atoms with Crippen molar-refractivity contribution in [2.75, 3.05) is 113 Å². The van der Waals surface area contributed by atoms with Crippen LogP contribution in [0.1, 0.15) is 181 Å². The summed E-state index contributed by atoms with van der Waals surface area (Å²) < 4.78 is 99.5. The number of amides is 12. The number of thioether (sulfide) groups is 1. The zero-order valence-electron chi connectivity index (χ0n) is 65.8. The highest BCUT2D eigenvalue weighted by atomic mass is 32.2. The number of rotatable bonds is 13. The van der Waals surface area contributed by atoms with E-state index in [1.807, 2.05) is 6.92 Å². The van der Waals surface area contributed by atoms with Crippen LogP contribution in [0.3, 0.4) is 0 Å². The van der Waals surface area contributed by atoms with Gasteiger partial charge in [-0.2, -0.15) is 24.9 Å². The van der Waals surface area contributed by atoms with Crippen LogP contribution >= 0.6 is 11.8 Å². The highest BCUT2D eigenvalue weighted by Crippen LogP contribution is 2.45. The molecule has 9 rings (SSSR count). The van der Waals surface area contributed by atoms with Crippen molar-refractivity contribution in [2.45, 2.75) is 266 Å². The molecule has 5 heterocycles. The van der Waals surface area contributed by atoms with E-state index in [-0.39, 0.29) is 116 Å². The van der Waals surface area contributed by atoms with Gasteiger partial charge in [0.2, 0.25) is 70.9 Å². The molecular weight excluding hydrogens is 1460 g/mol. The van der Waals surface area contributed by atoms with Gasteiger partial charge in [0.1, 0.15) is 78.3 Å². The van der Waals surface area contributed by atoms with Crippen molar-refractivity contribution in [3.8, 4) is 0 Å². The van der Waals surface area contributed by atoms with Crippen LogP contribution in [0.2, 0.25) is 0 Å². The van der Waals surface area contributed by atoms with Gasteiger partial charge in [0.15, 0.2) is 0 Å². The van der Waals surface area contributed by atoms with E-state index in [4.69, 9.17) is 9.47 Å². The smallest absolute Gasteiger partial charge is 0.378 e. The first kappa shape index (κ1) is 87.5. The Hall–Kier alpha value is -6.51. The van der Waals surface area contributed by atoms with Crippen LogP contribution in [0, 0.1) is 35.5 Å². The summed E-state index contributed by atoms with van der Waals surface area (Å²) >= 11 is 1.69. The summed E-state index contributed by atoms with van der Waals surface area (Å²) in [6.07, 6.45) is -8.17. The van der Waals surface area contributed by atoms with Crippen LogP contribution < -0.4 is 16.0 Å². The molecule has 13 atom stereocenters. The molecule has 1 spiro atoms. The van der Waals surface area contributed by atoms with Gasteiger partial charge in [-0.3, -0.25) is 57.5 Å². The Balaban J connectivity index is 1.11. The molecule has 0 aromatic carbocycles. The number of fused-ring (bicyclic) bond motifs is 3. The molecule has 9 aliphatic rings. The fourth-order valence-electron chi connectivity index (χ4n) is 18.3. The number of carbonyl (C=O) groups excluding carboxylic acids is 12. The van der Waals surface area contributed by atoms with Crippen LogP contribution in [0.4, 0.5) is 26.3 Å². The highest BCUT2D eigenvalue weighted by molar-refractivity contribution is 7.99. The van der Waals surface area contributed by atoms with Crippen molar-refractivity contribution in [3.63, 3.8) is 0 Å². The lowest BCUT2D eigenvalue weighted by Crippen LogP contribution is -2.68. The van der Waals surface area contributed by atoms with Gasteiger partial charge >= 0.3 is 6.18 Å². The van der Waals surface area contributed by atoms with E-state index in [2.05, 4.69) is 16.0 Å². The van der Waals surface area contributed by atoms with Crippen molar-refractivity contribution in [1.29, 1.82) is 0 Å². The molecule has 9 fully saturated rings. The Labute approximate surface area is 647 Å². The van der Waals surface area contributed by atoms with Gasteiger partial charge in [-0.25, -0.2) is 13.2 Å². The Bertz CT molecular complexity index is 3240. The van der Waals surface area contributed by atoms with E-state index in [1.165, 1.54) is 81.5 Å². The first-order chi connectivity index (χ1) is 52.2. The van der Waals surface area contributed by atoms with Crippen LogP contribution in [-0.2, 0) is 67.0 Å². The third-order valence-electron chi connectivity index (χ3n) is 25.5. The first-order valence-electron chi connectivity index (χ1n) is 40.3. The summed E-state index contributed by atoms with van der Waals surface area (Å²) in [5.41, 5.74) is -1.66. The minimum atomic E-state index is -5.19. The Kier molecular flexibility index (Phi) is 31.0. The number of alkyl halides is 6. The van der Waals surface area contributed by atoms with Crippen molar-refractivity contribution < 1.29 is 93.4 Å². The third kappa shape index (κ3) is 21.1. The minimum absolute atomic E-state index is 0.0351. The van der Waals surface area contributed by atoms with Gasteiger partial charge in [0.25, 0.3) is 0 Å².